The number of hydrogen-bond acceptors (Lipinski definition) is 6. The normalized spacial score (nSPS) is 11.1. The number of carbonyl (C=O) groups excluding carboxylic acids is 1. The van der Waals surface area contributed by atoms with Gasteiger partial charge in [0.1, 0.15) is 36.6 Å². The molecule has 28 heavy (non-hydrogen) atoms. The summed E-state index contributed by atoms with van der Waals surface area (Å²) in [4.78, 5) is 11.1. The Hall–Kier alpha value is -2.41. The highest BCUT2D eigenvalue weighted by Crippen LogP contribution is 2.12. The standard InChI is InChI=1S/C20H25NO4.C2H6O/c1-16(22)13-17-7-9-20(10-8-17)24-12-11-21-14-18(23)15-25-19-5-3-2-4-6-19;1-2-3/h2-10,18,21,23H,11-15H2,1H3;3H,2H2,1H3. The molecule has 0 aliphatic rings. The molecule has 6 heteroatoms. The Bertz CT molecular complexity index is 646. The van der Waals surface area contributed by atoms with Crippen molar-refractivity contribution in [3.63, 3.8) is 0 Å². The number of aliphatic hydroxyl groups is 2. The van der Waals surface area contributed by atoms with Crippen molar-refractivity contribution in [2.24, 2.45) is 0 Å². The van der Waals surface area contributed by atoms with Crippen LogP contribution in [0.1, 0.15) is 19.4 Å². The van der Waals surface area contributed by atoms with Crippen LogP contribution in [0, 0.1) is 0 Å². The first-order chi connectivity index (χ1) is 13.5. The topological polar surface area (TPSA) is 88.0 Å². The first-order valence-corrected chi connectivity index (χ1v) is 9.43. The van der Waals surface area contributed by atoms with Crippen LogP contribution in [-0.2, 0) is 11.2 Å². The van der Waals surface area contributed by atoms with Gasteiger partial charge in [-0.05, 0) is 43.7 Å². The van der Waals surface area contributed by atoms with Crippen molar-refractivity contribution < 1.29 is 24.5 Å². The van der Waals surface area contributed by atoms with E-state index in [1.807, 2.05) is 54.6 Å². The number of hydrogen-bond donors (Lipinski definition) is 3. The Morgan fingerprint density at radius 2 is 1.64 bits per heavy atom. The molecule has 2 aromatic carbocycles. The van der Waals surface area contributed by atoms with Crippen molar-refractivity contribution in [1.29, 1.82) is 0 Å². The van der Waals surface area contributed by atoms with Crippen molar-refractivity contribution in [1.82, 2.24) is 5.32 Å². The van der Waals surface area contributed by atoms with Crippen LogP contribution in [0.5, 0.6) is 11.5 Å². The fourth-order valence-electron chi connectivity index (χ4n) is 2.27. The summed E-state index contributed by atoms with van der Waals surface area (Å²) in [7, 11) is 0. The van der Waals surface area contributed by atoms with Gasteiger partial charge in [-0.2, -0.15) is 0 Å². The lowest BCUT2D eigenvalue weighted by Crippen LogP contribution is -2.33. The highest BCUT2D eigenvalue weighted by Gasteiger charge is 2.05. The van der Waals surface area contributed by atoms with Gasteiger partial charge in [-0.1, -0.05) is 30.3 Å². The number of benzene rings is 2. The third kappa shape index (κ3) is 11.3. The number of ketones is 1. The molecule has 0 aromatic heterocycles. The molecule has 0 radical (unpaired) electrons. The molecule has 2 aromatic rings. The Balaban J connectivity index is 0.00000122. The second-order valence-electron chi connectivity index (χ2n) is 6.17. The summed E-state index contributed by atoms with van der Waals surface area (Å²) in [5.41, 5.74) is 0.986. The van der Waals surface area contributed by atoms with E-state index in [0.717, 1.165) is 17.1 Å². The molecule has 0 aliphatic heterocycles. The van der Waals surface area contributed by atoms with E-state index in [2.05, 4.69) is 5.32 Å². The van der Waals surface area contributed by atoms with E-state index >= 15 is 0 Å². The summed E-state index contributed by atoms with van der Waals surface area (Å²) in [6.45, 7) is 5.31. The summed E-state index contributed by atoms with van der Waals surface area (Å²) in [6.07, 6.45) is -0.129. The molecular weight excluding hydrogens is 358 g/mol. The minimum atomic E-state index is -0.578. The number of para-hydroxylation sites is 1. The second-order valence-corrected chi connectivity index (χ2v) is 6.17. The predicted molar refractivity (Wildman–Crippen MR) is 110 cm³/mol. The van der Waals surface area contributed by atoms with Crippen molar-refractivity contribution >= 4 is 5.78 Å². The summed E-state index contributed by atoms with van der Waals surface area (Å²) < 4.78 is 11.1. The van der Waals surface area contributed by atoms with E-state index in [0.29, 0.717) is 26.1 Å². The number of nitrogens with one attached hydrogen (secondary N) is 1. The zero-order chi connectivity index (χ0) is 20.6. The first kappa shape index (κ1) is 23.6. The maximum atomic E-state index is 11.1. The van der Waals surface area contributed by atoms with Gasteiger partial charge in [-0.25, -0.2) is 0 Å². The summed E-state index contributed by atoms with van der Waals surface area (Å²) in [6, 6.07) is 16.9. The van der Waals surface area contributed by atoms with Gasteiger partial charge in [0.25, 0.3) is 0 Å². The molecule has 0 aliphatic carbocycles. The Kier molecular flexibility index (Phi) is 12.3. The zero-order valence-electron chi connectivity index (χ0n) is 16.6. The Morgan fingerprint density at radius 3 is 2.25 bits per heavy atom. The van der Waals surface area contributed by atoms with Crippen LogP contribution in [-0.4, -0.2) is 55.0 Å². The molecule has 6 nitrogen and oxygen atoms in total. The molecule has 0 saturated carbocycles. The van der Waals surface area contributed by atoms with Gasteiger partial charge in [0.15, 0.2) is 0 Å². The summed E-state index contributed by atoms with van der Waals surface area (Å²) >= 11 is 0. The van der Waals surface area contributed by atoms with Gasteiger partial charge in [-0.3, -0.25) is 4.79 Å². The quantitative estimate of drug-likeness (QED) is 0.511. The van der Waals surface area contributed by atoms with Crippen LogP contribution in [0.15, 0.2) is 54.6 Å². The average Bonchev–Trinajstić information content (AvgIpc) is 2.68. The lowest BCUT2D eigenvalue weighted by molar-refractivity contribution is -0.116. The fraction of sp³-hybridized carbons (Fsp3) is 0.409. The van der Waals surface area contributed by atoms with Gasteiger partial charge in [0.2, 0.25) is 0 Å². The van der Waals surface area contributed by atoms with Crippen LogP contribution < -0.4 is 14.8 Å². The van der Waals surface area contributed by atoms with E-state index in [4.69, 9.17) is 14.6 Å². The molecule has 0 bridgehead atoms. The molecule has 2 rings (SSSR count). The number of Topliss-reactive ketones (excluding diaryl/α,β-unsaturated/α-hetero) is 1. The lowest BCUT2D eigenvalue weighted by atomic mass is 10.1. The van der Waals surface area contributed by atoms with Crippen molar-refractivity contribution in [3.05, 3.63) is 60.2 Å². The molecule has 1 unspecified atom stereocenters. The van der Waals surface area contributed by atoms with Crippen molar-refractivity contribution in [2.45, 2.75) is 26.4 Å². The highest BCUT2D eigenvalue weighted by atomic mass is 16.5. The third-order valence-electron chi connectivity index (χ3n) is 3.49. The molecular formula is C22H31NO5. The third-order valence-corrected chi connectivity index (χ3v) is 3.49. The van der Waals surface area contributed by atoms with E-state index < -0.39 is 6.10 Å². The number of ether oxygens (including phenoxy) is 2. The second kappa shape index (κ2) is 14.6. The maximum Gasteiger partial charge on any atom is 0.134 e. The zero-order valence-corrected chi connectivity index (χ0v) is 16.6. The number of aliphatic hydroxyl groups excluding tert-OH is 2. The van der Waals surface area contributed by atoms with Crippen LogP contribution in [0.4, 0.5) is 0 Å². The van der Waals surface area contributed by atoms with Crippen LogP contribution >= 0.6 is 0 Å². The van der Waals surface area contributed by atoms with E-state index in [1.54, 1.807) is 13.8 Å². The summed E-state index contributed by atoms with van der Waals surface area (Å²) in [5.74, 6) is 1.66. The van der Waals surface area contributed by atoms with Crippen LogP contribution in [0.25, 0.3) is 0 Å². The molecule has 3 N–H and O–H groups in total. The Labute approximate surface area is 167 Å². The first-order valence-electron chi connectivity index (χ1n) is 9.43. The molecule has 154 valence electrons. The Morgan fingerprint density at radius 1 is 1.04 bits per heavy atom. The molecule has 0 heterocycles. The minimum absolute atomic E-state index is 0.146. The van der Waals surface area contributed by atoms with E-state index in [1.165, 1.54) is 0 Å². The minimum Gasteiger partial charge on any atom is -0.492 e. The van der Waals surface area contributed by atoms with Crippen LogP contribution in [0.2, 0.25) is 0 Å². The molecule has 0 spiro atoms. The van der Waals surface area contributed by atoms with Gasteiger partial charge in [-0.15, -0.1) is 0 Å². The lowest BCUT2D eigenvalue weighted by Gasteiger charge is -2.13. The molecule has 0 saturated heterocycles. The monoisotopic (exact) mass is 389 g/mol. The average molecular weight is 389 g/mol. The van der Waals surface area contributed by atoms with Crippen LogP contribution in [0.3, 0.4) is 0 Å². The van der Waals surface area contributed by atoms with Gasteiger partial charge < -0.3 is 25.0 Å². The molecule has 1 atom stereocenters. The summed E-state index contributed by atoms with van der Waals surface area (Å²) in [5, 5.41) is 20.6. The van der Waals surface area contributed by atoms with Gasteiger partial charge in [0, 0.05) is 26.1 Å². The fourth-order valence-corrected chi connectivity index (χ4v) is 2.27. The highest BCUT2D eigenvalue weighted by molar-refractivity contribution is 5.78. The van der Waals surface area contributed by atoms with Gasteiger partial charge in [0.05, 0.1) is 0 Å². The maximum absolute atomic E-state index is 11.1. The molecule has 0 fully saturated rings. The molecule has 0 amide bonds. The van der Waals surface area contributed by atoms with Crippen molar-refractivity contribution in [2.75, 3.05) is 32.9 Å². The van der Waals surface area contributed by atoms with Crippen molar-refractivity contribution in [3.8, 4) is 11.5 Å². The van der Waals surface area contributed by atoms with Gasteiger partial charge >= 0.3 is 0 Å². The number of carbonyl (C=O) groups is 1. The predicted octanol–water partition coefficient (Wildman–Crippen LogP) is 2.23. The van der Waals surface area contributed by atoms with E-state index in [9.17, 15) is 9.90 Å². The number of rotatable bonds is 11. The largest absolute Gasteiger partial charge is 0.492 e. The smallest absolute Gasteiger partial charge is 0.134 e. The van der Waals surface area contributed by atoms with E-state index in [-0.39, 0.29) is 19.0 Å². The SMILES string of the molecule is CC(=O)Cc1ccc(OCCNCC(O)COc2ccccc2)cc1.CCO.